The first-order chi connectivity index (χ1) is 27.7. The van der Waals surface area contributed by atoms with Crippen LogP contribution in [0.5, 0.6) is 0 Å². The summed E-state index contributed by atoms with van der Waals surface area (Å²) < 4.78 is 4.77. The molecule has 0 saturated heterocycles. The Morgan fingerprint density at radius 2 is 0.839 bits per heavy atom. The lowest BCUT2D eigenvalue weighted by molar-refractivity contribution is 1.12. The molecule has 0 N–H and O–H groups in total. The van der Waals surface area contributed by atoms with E-state index in [0.717, 1.165) is 28.9 Å². The minimum atomic E-state index is 0.885. The van der Waals surface area contributed by atoms with Crippen molar-refractivity contribution in [3.8, 4) is 44.9 Å². The molecule has 3 heteroatoms. The number of para-hydroxylation sites is 4. The van der Waals surface area contributed by atoms with Crippen LogP contribution in [0.15, 0.2) is 194 Å². The summed E-state index contributed by atoms with van der Waals surface area (Å²) in [7, 11) is 0. The van der Waals surface area contributed by atoms with Crippen molar-refractivity contribution in [2.24, 2.45) is 0 Å². The van der Waals surface area contributed by atoms with E-state index in [0.29, 0.717) is 0 Å². The molecule has 0 fully saturated rings. The van der Waals surface area contributed by atoms with E-state index in [9.17, 15) is 0 Å². The third-order valence-electron chi connectivity index (χ3n) is 11.5. The van der Waals surface area contributed by atoms with E-state index in [1.54, 1.807) is 0 Å². The zero-order valence-corrected chi connectivity index (χ0v) is 31.0. The standard InChI is InChI=1S/C53H37N3/c1-2-41-52(35-15-5-3-6-16-35)44-21-9-12-22-47(44)54-53(41)36-25-29-40(30-26-36)56-49-24-14-11-20-43(49)46-34-38(28-32-51(46)56)37-27-31-50-45(33-37)42-19-10-13-23-48(42)55(50)39-17-7-4-8-18-39/h3-34H,2H2,1H3. The normalized spacial score (nSPS) is 11.7. The summed E-state index contributed by atoms with van der Waals surface area (Å²) in [5, 5.41) is 6.20. The zero-order valence-electron chi connectivity index (χ0n) is 31.0. The van der Waals surface area contributed by atoms with E-state index < -0.39 is 0 Å². The largest absolute Gasteiger partial charge is 0.309 e. The Labute approximate surface area is 325 Å². The van der Waals surface area contributed by atoms with Gasteiger partial charge < -0.3 is 9.13 Å². The quantitative estimate of drug-likeness (QED) is 0.168. The van der Waals surface area contributed by atoms with Gasteiger partial charge in [0.1, 0.15) is 0 Å². The Hall–Kier alpha value is -7.23. The van der Waals surface area contributed by atoms with Crippen molar-refractivity contribution in [3.05, 3.63) is 200 Å². The molecule has 0 spiro atoms. The van der Waals surface area contributed by atoms with Crippen LogP contribution in [0.3, 0.4) is 0 Å². The van der Waals surface area contributed by atoms with Crippen LogP contribution in [0, 0.1) is 0 Å². The molecule has 0 radical (unpaired) electrons. The average Bonchev–Trinajstić information content (AvgIpc) is 3.78. The first kappa shape index (κ1) is 32.2. The third-order valence-corrected chi connectivity index (χ3v) is 11.5. The first-order valence-corrected chi connectivity index (χ1v) is 19.5. The van der Waals surface area contributed by atoms with Gasteiger partial charge in [0, 0.05) is 43.9 Å². The lowest BCUT2D eigenvalue weighted by Gasteiger charge is -2.17. The zero-order chi connectivity index (χ0) is 37.2. The van der Waals surface area contributed by atoms with Gasteiger partial charge in [0.25, 0.3) is 0 Å². The lowest BCUT2D eigenvalue weighted by Crippen LogP contribution is -1.99. The molecular weight excluding hydrogens is 679 g/mol. The highest BCUT2D eigenvalue weighted by atomic mass is 15.0. The number of pyridine rings is 1. The molecule has 0 bridgehead atoms. The van der Waals surface area contributed by atoms with Gasteiger partial charge >= 0.3 is 0 Å². The molecule has 0 aliphatic carbocycles. The maximum absolute atomic E-state index is 5.28. The number of hydrogen-bond donors (Lipinski definition) is 0. The molecule has 264 valence electrons. The molecule has 0 aliphatic rings. The summed E-state index contributed by atoms with van der Waals surface area (Å²) in [4.78, 5) is 5.28. The second-order valence-electron chi connectivity index (χ2n) is 14.6. The molecule has 0 atom stereocenters. The molecule has 0 aliphatic heterocycles. The lowest BCUT2D eigenvalue weighted by atomic mass is 9.91. The van der Waals surface area contributed by atoms with Crippen molar-refractivity contribution < 1.29 is 0 Å². The average molecular weight is 716 g/mol. The predicted octanol–water partition coefficient (Wildman–Crippen LogP) is 14.0. The number of aromatic nitrogens is 3. The van der Waals surface area contributed by atoms with Crippen molar-refractivity contribution in [1.82, 2.24) is 14.1 Å². The van der Waals surface area contributed by atoms with Crippen molar-refractivity contribution in [3.63, 3.8) is 0 Å². The number of benzene rings is 8. The minimum Gasteiger partial charge on any atom is -0.309 e. The molecular formula is C53H37N3. The van der Waals surface area contributed by atoms with E-state index in [2.05, 4.69) is 210 Å². The van der Waals surface area contributed by atoms with Gasteiger partial charge in [-0.15, -0.1) is 0 Å². The van der Waals surface area contributed by atoms with Gasteiger partial charge in [-0.2, -0.15) is 0 Å². The van der Waals surface area contributed by atoms with Crippen LogP contribution in [0.4, 0.5) is 0 Å². The molecule has 0 saturated carbocycles. The van der Waals surface area contributed by atoms with Gasteiger partial charge in [-0.05, 0) is 101 Å². The Morgan fingerprint density at radius 1 is 0.375 bits per heavy atom. The van der Waals surface area contributed by atoms with Gasteiger partial charge in [0.15, 0.2) is 0 Å². The summed E-state index contributed by atoms with van der Waals surface area (Å²) in [5.74, 6) is 0. The van der Waals surface area contributed by atoms with Gasteiger partial charge in [-0.25, -0.2) is 4.98 Å². The molecule has 56 heavy (non-hydrogen) atoms. The predicted molar refractivity (Wildman–Crippen MR) is 236 cm³/mol. The molecule has 0 unspecified atom stereocenters. The third kappa shape index (κ3) is 5.02. The van der Waals surface area contributed by atoms with Crippen LogP contribution < -0.4 is 0 Å². The van der Waals surface area contributed by atoms with E-state index in [4.69, 9.17) is 4.98 Å². The van der Waals surface area contributed by atoms with Gasteiger partial charge in [-0.3, -0.25) is 0 Å². The van der Waals surface area contributed by atoms with Crippen molar-refractivity contribution in [2.45, 2.75) is 13.3 Å². The summed E-state index contributed by atoms with van der Waals surface area (Å²) in [6.45, 7) is 2.24. The van der Waals surface area contributed by atoms with Gasteiger partial charge in [0.05, 0.1) is 33.3 Å². The Bertz CT molecular complexity index is 3260. The maximum atomic E-state index is 5.28. The highest BCUT2D eigenvalue weighted by Crippen LogP contribution is 2.40. The van der Waals surface area contributed by atoms with Crippen LogP contribution in [0.1, 0.15) is 12.5 Å². The Morgan fingerprint density at radius 3 is 1.43 bits per heavy atom. The summed E-state index contributed by atoms with van der Waals surface area (Å²) in [6, 6.07) is 70.3. The highest BCUT2D eigenvalue weighted by molar-refractivity contribution is 6.12. The minimum absolute atomic E-state index is 0.885. The highest BCUT2D eigenvalue weighted by Gasteiger charge is 2.19. The number of fused-ring (bicyclic) bond motifs is 7. The molecule has 11 aromatic rings. The number of nitrogens with zero attached hydrogens (tertiary/aromatic N) is 3. The van der Waals surface area contributed by atoms with Crippen molar-refractivity contribution in [2.75, 3.05) is 0 Å². The van der Waals surface area contributed by atoms with Crippen LogP contribution in [-0.4, -0.2) is 14.1 Å². The molecule has 0 amide bonds. The van der Waals surface area contributed by atoms with Gasteiger partial charge in [0.2, 0.25) is 0 Å². The molecule has 3 nitrogen and oxygen atoms in total. The maximum Gasteiger partial charge on any atom is 0.0747 e. The second kappa shape index (κ2) is 13.0. The van der Waals surface area contributed by atoms with Gasteiger partial charge in [-0.1, -0.05) is 134 Å². The topological polar surface area (TPSA) is 22.8 Å². The fourth-order valence-corrected chi connectivity index (χ4v) is 8.98. The Kier molecular flexibility index (Phi) is 7.46. The van der Waals surface area contributed by atoms with Crippen LogP contribution in [0.25, 0.3) is 99.4 Å². The SMILES string of the molecule is CCc1c(-c2ccc(-n3c4ccccc4c4cc(-c5ccc6c(c5)c5ccccc5n6-c5ccccc5)ccc43)cc2)nc2ccccc2c1-c1ccccc1. The van der Waals surface area contributed by atoms with E-state index >= 15 is 0 Å². The fraction of sp³-hybridized carbons (Fsp3) is 0.0377. The first-order valence-electron chi connectivity index (χ1n) is 19.5. The van der Waals surface area contributed by atoms with E-state index in [1.807, 2.05) is 0 Å². The molecule has 3 aromatic heterocycles. The van der Waals surface area contributed by atoms with E-state index in [-0.39, 0.29) is 0 Å². The molecule has 11 rings (SSSR count). The summed E-state index contributed by atoms with van der Waals surface area (Å²) in [5.41, 5.74) is 16.5. The fourth-order valence-electron chi connectivity index (χ4n) is 8.98. The number of hydrogen-bond acceptors (Lipinski definition) is 1. The van der Waals surface area contributed by atoms with Crippen LogP contribution in [-0.2, 0) is 6.42 Å². The van der Waals surface area contributed by atoms with Crippen molar-refractivity contribution >= 4 is 54.5 Å². The Balaban J connectivity index is 1.03. The second-order valence-corrected chi connectivity index (χ2v) is 14.6. The summed E-state index contributed by atoms with van der Waals surface area (Å²) in [6.07, 6.45) is 0.885. The molecule has 3 heterocycles. The van der Waals surface area contributed by atoms with E-state index in [1.165, 1.54) is 82.5 Å². The monoisotopic (exact) mass is 715 g/mol. The summed E-state index contributed by atoms with van der Waals surface area (Å²) >= 11 is 0. The number of rotatable bonds is 6. The van der Waals surface area contributed by atoms with Crippen molar-refractivity contribution in [1.29, 1.82) is 0 Å². The molecule has 8 aromatic carbocycles. The van der Waals surface area contributed by atoms with Crippen LogP contribution >= 0.6 is 0 Å². The van der Waals surface area contributed by atoms with Crippen LogP contribution in [0.2, 0.25) is 0 Å². The smallest absolute Gasteiger partial charge is 0.0747 e.